The second-order valence-corrected chi connectivity index (χ2v) is 6.16. The predicted octanol–water partition coefficient (Wildman–Crippen LogP) is 3.38. The first-order valence-corrected chi connectivity index (χ1v) is 8.46. The molecule has 3 rings (SSSR count). The van der Waals surface area contributed by atoms with Crippen LogP contribution >= 0.6 is 12.4 Å². The van der Waals surface area contributed by atoms with E-state index in [1.807, 2.05) is 24.3 Å². The van der Waals surface area contributed by atoms with E-state index in [2.05, 4.69) is 41.0 Å². The van der Waals surface area contributed by atoms with Gasteiger partial charge in [0.25, 0.3) is 5.91 Å². The first-order valence-electron chi connectivity index (χ1n) is 8.46. The summed E-state index contributed by atoms with van der Waals surface area (Å²) in [6, 6.07) is 18.6. The lowest BCUT2D eigenvalue weighted by atomic mass is 9.98. The van der Waals surface area contributed by atoms with Gasteiger partial charge in [-0.3, -0.25) is 4.79 Å². The number of amides is 1. The second kappa shape index (κ2) is 9.45. The lowest BCUT2D eigenvalue weighted by molar-refractivity contribution is 0.0929. The number of carbonyl (C=O) groups is 1. The van der Waals surface area contributed by atoms with Crippen molar-refractivity contribution in [1.29, 1.82) is 0 Å². The number of carbonyl (C=O) groups excluding carboxylic acids is 1. The fourth-order valence-electron chi connectivity index (χ4n) is 3.12. The maximum absolute atomic E-state index is 12.6. The monoisotopic (exact) mass is 344 g/mol. The maximum atomic E-state index is 12.6. The minimum atomic E-state index is 0. The minimum absolute atomic E-state index is 0. The van der Waals surface area contributed by atoms with Gasteiger partial charge in [0.15, 0.2) is 0 Å². The summed E-state index contributed by atoms with van der Waals surface area (Å²) in [5, 5.41) is 6.51. The largest absolute Gasteiger partial charge is 0.348 e. The molecule has 24 heavy (non-hydrogen) atoms. The van der Waals surface area contributed by atoms with Crippen LogP contribution in [0.5, 0.6) is 0 Å². The number of hydrogen-bond donors (Lipinski definition) is 2. The molecular weight excluding hydrogens is 320 g/mol. The number of aryl methyl sites for hydroxylation is 2. The summed E-state index contributed by atoms with van der Waals surface area (Å²) >= 11 is 0. The molecule has 3 nitrogen and oxygen atoms in total. The van der Waals surface area contributed by atoms with Gasteiger partial charge in [-0.1, -0.05) is 48.5 Å². The van der Waals surface area contributed by atoms with Crippen molar-refractivity contribution in [2.45, 2.75) is 31.7 Å². The van der Waals surface area contributed by atoms with E-state index in [9.17, 15) is 4.79 Å². The first kappa shape index (κ1) is 18.5. The quantitative estimate of drug-likeness (QED) is 0.873. The smallest absolute Gasteiger partial charge is 0.251 e. The Morgan fingerprint density at radius 1 is 1.04 bits per heavy atom. The van der Waals surface area contributed by atoms with Crippen molar-refractivity contribution in [3.8, 4) is 0 Å². The second-order valence-electron chi connectivity index (χ2n) is 6.16. The number of hydrogen-bond acceptors (Lipinski definition) is 2. The van der Waals surface area contributed by atoms with Crippen molar-refractivity contribution in [3.05, 3.63) is 71.3 Å². The molecule has 1 saturated heterocycles. The molecule has 4 heteroatoms. The van der Waals surface area contributed by atoms with Gasteiger partial charge in [0.05, 0.1) is 0 Å². The Bertz CT molecular complexity index is 639. The van der Waals surface area contributed by atoms with E-state index in [-0.39, 0.29) is 24.4 Å². The van der Waals surface area contributed by atoms with Crippen LogP contribution in [0, 0.1) is 0 Å². The van der Waals surface area contributed by atoms with Crippen LogP contribution in [-0.4, -0.2) is 25.0 Å². The molecule has 1 fully saturated rings. The highest BCUT2D eigenvalue weighted by Gasteiger charge is 2.17. The average Bonchev–Trinajstić information content (AvgIpc) is 2.62. The van der Waals surface area contributed by atoms with E-state index in [0.29, 0.717) is 0 Å². The van der Waals surface area contributed by atoms with Gasteiger partial charge in [0, 0.05) is 18.2 Å². The van der Waals surface area contributed by atoms with E-state index < -0.39 is 0 Å². The van der Waals surface area contributed by atoms with E-state index >= 15 is 0 Å². The summed E-state index contributed by atoms with van der Waals surface area (Å²) in [5.74, 6) is 0.0577. The van der Waals surface area contributed by atoms with Gasteiger partial charge in [-0.05, 0) is 49.4 Å². The number of piperidine rings is 1. The van der Waals surface area contributed by atoms with E-state index in [1.165, 1.54) is 5.56 Å². The molecule has 2 aromatic carbocycles. The molecule has 0 aliphatic carbocycles. The number of halogens is 1. The van der Waals surface area contributed by atoms with Crippen molar-refractivity contribution < 1.29 is 4.79 Å². The molecule has 1 atom stereocenters. The molecule has 2 N–H and O–H groups in total. The fraction of sp³-hybridized carbons (Fsp3) is 0.350. The fourth-order valence-corrected chi connectivity index (χ4v) is 3.12. The molecule has 2 aromatic rings. The van der Waals surface area contributed by atoms with Crippen LogP contribution in [-0.2, 0) is 12.8 Å². The highest BCUT2D eigenvalue weighted by molar-refractivity contribution is 5.95. The first-order chi connectivity index (χ1) is 11.3. The highest BCUT2D eigenvalue weighted by Crippen LogP contribution is 2.14. The normalized spacial score (nSPS) is 16.9. The summed E-state index contributed by atoms with van der Waals surface area (Å²) < 4.78 is 0. The molecule has 0 aromatic heterocycles. The zero-order valence-electron chi connectivity index (χ0n) is 13.8. The third kappa shape index (κ3) is 5.08. The predicted molar refractivity (Wildman–Crippen MR) is 101 cm³/mol. The summed E-state index contributed by atoms with van der Waals surface area (Å²) in [6.07, 6.45) is 4.03. The highest BCUT2D eigenvalue weighted by atomic mass is 35.5. The molecule has 1 aliphatic rings. The summed E-state index contributed by atoms with van der Waals surface area (Å²) in [7, 11) is 0. The molecule has 128 valence electrons. The van der Waals surface area contributed by atoms with Gasteiger partial charge in [-0.25, -0.2) is 0 Å². The molecule has 0 radical (unpaired) electrons. The van der Waals surface area contributed by atoms with Crippen LogP contribution in [0.3, 0.4) is 0 Å². The van der Waals surface area contributed by atoms with Crippen molar-refractivity contribution in [2.24, 2.45) is 0 Å². The van der Waals surface area contributed by atoms with Crippen molar-refractivity contribution in [2.75, 3.05) is 13.1 Å². The average molecular weight is 345 g/mol. The van der Waals surface area contributed by atoms with E-state index in [4.69, 9.17) is 0 Å². The van der Waals surface area contributed by atoms with Crippen LogP contribution in [0.25, 0.3) is 0 Å². The Morgan fingerprint density at radius 3 is 2.54 bits per heavy atom. The molecule has 0 spiro atoms. The Hall–Kier alpha value is -1.84. The van der Waals surface area contributed by atoms with Crippen LogP contribution in [0.2, 0.25) is 0 Å². The third-order valence-electron chi connectivity index (χ3n) is 4.42. The summed E-state index contributed by atoms with van der Waals surface area (Å²) in [5.41, 5.74) is 3.24. The molecule has 1 amide bonds. The lowest BCUT2D eigenvalue weighted by Crippen LogP contribution is -2.45. The SMILES string of the molecule is Cl.O=C(N[C@H]1CCCNC1)c1ccccc1CCc1ccccc1. The van der Waals surface area contributed by atoms with Crippen LogP contribution in [0.4, 0.5) is 0 Å². The topological polar surface area (TPSA) is 41.1 Å². The Kier molecular flexibility index (Phi) is 7.29. The van der Waals surface area contributed by atoms with Crippen molar-refractivity contribution in [3.63, 3.8) is 0 Å². The number of benzene rings is 2. The van der Waals surface area contributed by atoms with Gasteiger partial charge in [0.1, 0.15) is 0 Å². The molecular formula is C20H25ClN2O. The molecule has 0 unspecified atom stereocenters. The van der Waals surface area contributed by atoms with Gasteiger partial charge >= 0.3 is 0 Å². The third-order valence-corrected chi connectivity index (χ3v) is 4.42. The molecule has 1 heterocycles. The molecule has 1 aliphatic heterocycles. The number of nitrogens with one attached hydrogen (secondary N) is 2. The van der Waals surface area contributed by atoms with Crippen LogP contribution in [0.15, 0.2) is 54.6 Å². The van der Waals surface area contributed by atoms with Gasteiger partial charge in [-0.2, -0.15) is 0 Å². The van der Waals surface area contributed by atoms with Gasteiger partial charge in [0.2, 0.25) is 0 Å². The van der Waals surface area contributed by atoms with E-state index in [1.54, 1.807) is 0 Å². The molecule has 0 saturated carbocycles. The minimum Gasteiger partial charge on any atom is -0.348 e. The van der Waals surface area contributed by atoms with Gasteiger partial charge < -0.3 is 10.6 Å². The van der Waals surface area contributed by atoms with Crippen LogP contribution < -0.4 is 10.6 Å². The van der Waals surface area contributed by atoms with Crippen LogP contribution in [0.1, 0.15) is 34.3 Å². The van der Waals surface area contributed by atoms with Crippen molar-refractivity contribution >= 4 is 18.3 Å². The lowest BCUT2D eigenvalue weighted by Gasteiger charge is -2.24. The van der Waals surface area contributed by atoms with E-state index in [0.717, 1.165) is 49.9 Å². The number of rotatable bonds is 5. The standard InChI is InChI=1S/C20H24N2O.ClH/c23-20(22-18-10-6-14-21-15-18)19-11-5-4-9-17(19)13-12-16-7-2-1-3-8-16;/h1-5,7-9,11,18,21H,6,10,12-15H2,(H,22,23);1H/t18-;/m0./s1. The Morgan fingerprint density at radius 2 is 1.79 bits per heavy atom. The zero-order valence-corrected chi connectivity index (χ0v) is 14.6. The van der Waals surface area contributed by atoms with Gasteiger partial charge in [-0.15, -0.1) is 12.4 Å². The molecule has 0 bridgehead atoms. The zero-order chi connectivity index (χ0) is 15.9. The summed E-state index contributed by atoms with van der Waals surface area (Å²) in [4.78, 5) is 12.6. The summed E-state index contributed by atoms with van der Waals surface area (Å²) in [6.45, 7) is 1.93. The maximum Gasteiger partial charge on any atom is 0.251 e. The Labute approximate surface area is 150 Å². The Balaban J connectivity index is 0.00000208. The van der Waals surface area contributed by atoms with Crippen molar-refractivity contribution in [1.82, 2.24) is 10.6 Å².